The maximum atomic E-state index is 13.6. The fourth-order valence-corrected chi connectivity index (χ4v) is 4.78. The molecule has 0 fully saturated rings. The van der Waals surface area contributed by atoms with E-state index in [0.29, 0.717) is 18.1 Å². The fourth-order valence-electron chi connectivity index (χ4n) is 3.75. The average molecular weight is 454 g/mol. The Kier molecular flexibility index (Phi) is 5.01. The van der Waals surface area contributed by atoms with E-state index in [9.17, 15) is 4.39 Å². The lowest BCUT2D eigenvalue weighted by Gasteiger charge is -2.26. The zero-order chi connectivity index (χ0) is 19.1. The van der Waals surface area contributed by atoms with Gasteiger partial charge in [-0.3, -0.25) is 0 Å². The third-order valence-corrected chi connectivity index (χ3v) is 5.99. The van der Waals surface area contributed by atoms with Gasteiger partial charge in [-0.15, -0.1) is 0 Å². The van der Waals surface area contributed by atoms with Crippen molar-refractivity contribution in [3.05, 3.63) is 63.0 Å². The van der Waals surface area contributed by atoms with Crippen LogP contribution in [0.5, 0.6) is 0 Å². The van der Waals surface area contributed by atoms with Crippen molar-refractivity contribution in [1.82, 2.24) is 9.61 Å². The van der Waals surface area contributed by atoms with Gasteiger partial charge in [0, 0.05) is 24.4 Å². The maximum absolute atomic E-state index is 13.6. The second kappa shape index (κ2) is 7.30. The Morgan fingerprint density at radius 3 is 3.04 bits per heavy atom. The molecular formula is C19H19BrClFN4O. The lowest BCUT2D eigenvalue weighted by molar-refractivity contribution is 0.440. The van der Waals surface area contributed by atoms with Gasteiger partial charge in [-0.25, -0.2) is 8.91 Å². The number of nitrogens with one attached hydrogen (secondary N) is 1. The van der Waals surface area contributed by atoms with E-state index in [1.54, 1.807) is 22.9 Å². The molecule has 3 aromatic rings. The summed E-state index contributed by atoms with van der Waals surface area (Å²) in [5.74, 6) is 0.690. The summed E-state index contributed by atoms with van der Waals surface area (Å²) < 4.78 is 21.6. The molecule has 3 N–H and O–H groups in total. The summed E-state index contributed by atoms with van der Waals surface area (Å²) in [6.45, 7) is 2.56. The number of anilines is 1. The topological polar surface area (TPSA) is 68.5 Å². The number of furan rings is 1. The highest BCUT2D eigenvalue weighted by atomic mass is 79.9. The summed E-state index contributed by atoms with van der Waals surface area (Å²) in [4.78, 5) is 0. The van der Waals surface area contributed by atoms with Crippen LogP contribution in [-0.4, -0.2) is 15.7 Å². The number of hydrogen-bond acceptors (Lipinski definition) is 4. The van der Waals surface area contributed by atoms with Crippen molar-refractivity contribution in [3.8, 4) is 0 Å². The molecule has 142 valence electrons. The van der Waals surface area contributed by atoms with Gasteiger partial charge in [0.1, 0.15) is 10.4 Å². The molecular weight excluding hydrogens is 435 g/mol. The second-order valence-electron chi connectivity index (χ2n) is 6.76. The smallest absolute Gasteiger partial charge is 0.152 e. The van der Waals surface area contributed by atoms with Gasteiger partial charge in [-0.1, -0.05) is 17.7 Å². The summed E-state index contributed by atoms with van der Waals surface area (Å²) >= 11 is 9.92. The molecule has 0 radical (unpaired) electrons. The first kappa shape index (κ1) is 18.5. The molecule has 0 aliphatic heterocycles. The van der Waals surface area contributed by atoms with E-state index < -0.39 is 0 Å². The average Bonchev–Trinajstić information content (AvgIpc) is 3.22. The van der Waals surface area contributed by atoms with E-state index in [0.717, 1.165) is 32.7 Å². The molecule has 0 saturated heterocycles. The molecule has 8 heteroatoms. The maximum Gasteiger partial charge on any atom is 0.152 e. The molecule has 27 heavy (non-hydrogen) atoms. The Balaban J connectivity index is 1.79. The molecule has 1 aliphatic rings. The minimum atomic E-state index is -0.280. The fraction of sp³-hybridized carbons (Fsp3) is 0.316. The molecule has 0 aromatic carbocycles. The highest BCUT2D eigenvalue weighted by Crippen LogP contribution is 2.42. The summed E-state index contributed by atoms with van der Waals surface area (Å²) in [5.41, 5.74) is 10.1. The molecule has 0 saturated carbocycles. The van der Waals surface area contributed by atoms with Crippen LogP contribution in [0.25, 0.3) is 5.52 Å². The van der Waals surface area contributed by atoms with Crippen LogP contribution in [0.4, 0.5) is 10.1 Å². The Hall–Kier alpha value is -1.83. The van der Waals surface area contributed by atoms with Crippen LogP contribution in [0.3, 0.4) is 0 Å². The molecule has 4 rings (SSSR count). The number of allylic oxidation sites excluding steroid dienone is 1. The number of halogens is 3. The van der Waals surface area contributed by atoms with Crippen LogP contribution in [0.15, 0.2) is 45.4 Å². The van der Waals surface area contributed by atoms with E-state index in [2.05, 4.69) is 26.3 Å². The summed E-state index contributed by atoms with van der Waals surface area (Å²) in [6, 6.07) is 5.27. The van der Waals surface area contributed by atoms with Gasteiger partial charge in [-0.2, -0.15) is 5.10 Å². The van der Waals surface area contributed by atoms with Crippen molar-refractivity contribution in [2.75, 3.05) is 5.32 Å². The predicted molar refractivity (Wildman–Crippen MR) is 108 cm³/mol. The van der Waals surface area contributed by atoms with Crippen LogP contribution in [0.1, 0.15) is 35.6 Å². The van der Waals surface area contributed by atoms with E-state index in [4.69, 9.17) is 21.8 Å². The number of nitrogens with two attached hydrogens (primary N) is 1. The SMILES string of the molecule is Cc1c([C@H]2CC=C(F)C[C@@H]2N)c(Br)n2nc(Cl)cc(NCc3ccco3)c12. The third-order valence-electron chi connectivity index (χ3n) is 5.04. The Morgan fingerprint density at radius 2 is 2.33 bits per heavy atom. The lowest BCUT2D eigenvalue weighted by Crippen LogP contribution is -2.31. The Bertz CT molecular complexity index is 1010. The van der Waals surface area contributed by atoms with E-state index in [1.165, 1.54) is 0 Å². The molecule has 3 heterocycles. The van der Waals surface area contributed by atoms with Crippen LogP contribution >= 0.6 is 27.5 Å². The Labute approximate surface area is 169 Å². The number of hydrogen-bond donors (Lipinski definition) is 2. The first-order valence-corrected chi connectivity index (χ1v) is 9.86. The zero-order valence-electron chi connectivity index (χ0n) is 14.7. The molecule has 0 bridgehead atoms. The van der Waals surface area contributed by atoms with E-state index >= 15 is 0 Å². The van der Waals surface area contributed by atoms with Gasteiger partial charge in [0.05, 0.1) is 29.8 Å². The molecule has 2 atom stereocenters. The number of nitrogens with zero attached hydrogens (tertiary/aromatic N) is 2. The number of aryl methyl sites for hydroxylation is 1. The molecule has 0 unspecified atom stereocenters. The summed E-state index contributed by atoms with van der Waals surface area (Å²) in [5, 5.41) is 8.18. The van der Waals surface area contributed by atoms with Gasteiger partial charge in [0.25, 0.3) is 0 Å². The largest absolute Gasteiger partial charge is 0.467 e. The number of aromatic nitrogens is 2. The van der Waals surface area contributed by atoms with Crippen molar-refractivity contribution in [3.63, 3.8) is 0 Å². The van der Waals surface area contributed by atoms with E-state index in [-0.39, 0.29) is 24.2 Å². The Morgan fingerprint density at radius 1 is 1.52 bits per heavy atom. The molecule has 3 aromatic heterocycles. The number of rotatable bonds is 4. The lowest BCUT2D eigenvalue weighted by atomic mass is 9.83. The quantitative estimate of drug-likeness (QED) is 0.561. The highest BCUT2D eigenvalue weighted by molar-refractivity contribution is 9.10. The van der Waals surface area contributed by atoms with Gasteiger partial charge in [-0.05, 0) is 52.5 Å². The first-order valence-electron chi connectivity index (χ1n) is 8.69. The minimum Gasteiger partial charge on any atom is -0.467 e. The summed E-state index contributed by atoms with van der Waals surface area (Å²) in [6.07, 6.45) is 4.08. The normalized spacial score (nSPS) is 20.1. The van der Waals surface area contributed by atoms with Crippen molar-refractivity contribution < 1.29 is 8.81 Å². The summed E-state index contributed by atoms with van der Waals surface area (Å²) in [7, 11) is 0. The van der Waals surface area contributed by atoms with Gasteiger partial charge >= 0.3 is 0 Å². The highest BCUT2D eigenvalue weighted by Gasteiger charge is 2.31. The number of fused-ring (bicyclic) bond motifs is 1. The van der Waals surface area contributed by atoms with Gasteiger partial charge in [0.15, 0.2) is 5.15 Å². The zero-order valence-corrected chi connectivity index (χ0v) is 17.0. The second-order valence-corrected chi connectivity index (χ2v) is 7.90. The van der Waals surface area contributed by atoms with Crippen LogP contribution in [-0.2, 0) is 6.54 Å². The minimum absolute atomic E-state index is 0.0114. The molecule has 1 aliphatic carbocycles. The van der Waals surface area contributed by atoms with Crippen molar-refractivity contribution in [1.29, 1.82) is 0 Å². The monoisotopic (exact) mass is 452 g/mol. The standard InChI is InChI=1S/C19H19BrClFN4O/c1-10-17(13-5-4-11(22)7-14(13)23)19(20)26-18(10)15(8-16(21)25-26)24-9-12-3-2-6-27-12/h2-4,6,8,13-14,24H,5,7,9,23H2,1H3/t13-,14-/m0/s1. The first-order chi connectivity index (χ1) is 13.0. The van der Waals surface area contributed by atoms with Crippen LogP contribution in [0.2, 0.25) is 5.15 Å². The van der Waals surface area contributed by atoms with Crippen molar-refractivity contribution in [2.45, 2.75) is 38.3 Å². The van der Waals surface area contributed by atoms with Crippen LogP contribution in [0, 0.1) is 6.92 Å². The van der Waals surface area contributed by atoms with Crippen molar-refractivity contribution >= 4 is 38.7 Å². The van der Waals surface area contributed by atoms with Gasteiger partial charge in [0.2, 0.25) is 0 Å². The molecule has 0 spiro atoms. The van der Waals surface area contributed by atoms with Gasteiger partial charge < -0.3 is 15.5 Å². The van der Waals surface area contributed by atoms with Crippen LogP contribution < -0.4 is 11.1 Å². The molecule has 5 nitrogen and oxygen atoms in total. The third kappa shape index (κ3) is 3.39. The predicted octanol–water partition coefficient (Wildman–Crippen LogP) is 5.32. The molecule has 0 amide bonds. The van der Waals surface area contributed by atoms with Crippen molar-refractivity contribution in [2.24, 2.45) is 5.73 Å². The van der Waals surface area contributed by atoms with E-state index in [1.807, 2.05) is 19.1 Å².